The molecule has 1 aliphatic carbocycles. The molecular weight excluding hydrogens is 441 g/mol. The minimum absolute atomic E-state index is 0.537. The molecule has 2 aromatic rings. The molecule has 3 rings (SSSR count). The maximum absolute atomic E-state index is 6.12. The number of aromatic nitrogens is 2. The van der Waals surface area contributed by atoms with Gasteiger partial charge in [0.25, 0.3) is 0 Å². The third-order valence-corrected chi connectivity index (χ3v) is 6.03. The second-order valence-corrected chi connectivity index (χ2v) is 7.51. The van der Waals surface area contributed by atoms with Crippen molar-refractivity contribution in [2.75, 3.05) is 5.73 Å². The summed E-state index contributed by atoms with van der Waals surface area (Å²) in [5.74, 6) is 1.87. The van der Waals surface area contributed by atoms with Crippen LogP contribution in [0.25, 0.3) is 11.4 Å². The van der Waals surface area contributed by atoms with E-state index < -0.39 is 0 Å². The molecular formula is C16H17BrIN3. The van der Waals surface area contributed by atoms with E-state index in [4.69, 9.17) is 10.7 Å². The van der Waals surface area contributed by atoms with Crippen molar-refractivity contribution in [2.24, 2.45) is 0 Å². The number of hydrogen-bond acceptors (Lipinski definition) is 3. The van der Waals surface area contributed by atoms with Gasteiger partial charge in [0.15, 0.2) is 5.82 Å². The minimum Gasteiger partial charge on any atom is -0.383 e. The maximum atomic E-state index is 6.12. The first-order chi connectivity index (χ1) is 10.1. The summed E-state index contributed by atoms with van der Waals surface area (Å²) in [6.07, 6.45) is 5.00. The average molecular weight is 458 g/mol. The zero-order valence-electron chi connectivity index (χ0n) is 11.9. The number of nitrogens with zero attached hydrogens (tertiary/aromatic N) is 2. The fraction of sp³-hybridized carbons (Fsp3) is 0.375. The number of halogens is 2. The fourth-order valence-electron chi connectivity index (χ4n) is 2.81. The van der Waals surface area contributed by atoms with Crippen molar-refractivity contribution in [1.82, 2.24) is 9.97 Å². The molecule has 1 aromatic heterocycles. The largest absolute Gasteiger partial charge is 0.383 e. The van der Waals surface area contributed by atoms with Crippen LogP contribution in [-0.2, 0) is 0 Å². The number of hydrogen-bond donors (Lipinski definition) is 1. The molecule has 1 heterocycles. The quantitative estimate of drug-likeness (QED) is 0.641. The third-order valence-electron chi connectivity index (χ3n) is 4.07. The van der Waals surface area contributed by atoms with Crippen LogP contribution in [0.2, 0.25) is 0 Å². The Bertz CT molecular complexity index is 681. The molecule has 0 aliphatic heterocycles. The van der Waals surface area contributed by atoms with Crippen LogP contribution in [0.4, 0.5) is 5.82 Å². The van der Waals surface area contributed by atoms with Crippen LogP contribution >= 0.6 is 38.5 Å². The average Bonchev–Trinajstić information content (AvgIpc) is 2.98. The molecule has 0 spiro atoms. The summed E-state index contributed by atoms with van der Waals surface area (Å²) in [6.45, 7) is 2.07. The Balaban J connectivity index is 2.08. The lowest BCUT2D eigenvalue weighted by molar-refractivity contribution is 0.691. The molecule has 0 atom stereocenters. The summed E-state index contributed by atoms with van der Waals surface area (Å²) in [6, 6.07) is 6.20. The molecule has 21 heavy (non-hydrogen) atoms. The SMILES string of the molecule is Cc1ccc(-c2nc(N)c(I)c(C3CCCC3)n2)cc1Br. The topological polar surface area (TPSA) is 51.8 Å². The summed E-state index contributed by atoms with van der Waals surface area (Å²) < 4.78 is 2.09. The second-order valence-electron chi connectivity index (χ2n) is 5.58. The molecule has 3 nitrogen and oxygen atoms in total. The Morgan fingerprint density at radius 3 is 2.62 bits per heavy atom. The monoisotopic (exact) mass is 457 g/mol. The van der Waals surface area contributed by atoms with Crippen LogP contribution in [0.5, 0.6) is 0 Å². The van der Waals surface area contributed by atoms with Gasteiger partial charge in [0, 0.05) is 16.0 Å². The van der Waals surface area contributed by atoms with Crippen LogP contribution in [0.15, 0.2) is 22.7 Å². The van der Waals surface area contributed by atoms with Crippen molar-refractivity contribution in [3.8, 4) is 11.4 Å². The van der Waals surface area contributed by atoms with Crippen molar-refractivity contribution in [3.63, 3.8) is 0 Å². The van der Waals surface area contributed by atoms with Crippen LogP contribution in [0.1, 0.15) is 42.9 Å². The van der Waals surface area contributed by atoms with Crippen LogP contribution in [0, 0.1) is 10.5 Å². The molecule has 1 fully saturated rings. The Labute approximate surface area is 147 Å². The van der Waals surface area contributed by atoms with Crippen molar-refractivity contribution < 1.29 is 0 Å². The van der Waals surface area contributed by atoms with Gasteiger partial charge in [-0.25, -0.2) is 9.97 Å². The number of rotatable bonds is 2. The molecule has 1 aromatic carbocycles. The zero-order valence-corrected chi connectivity index (χ0v) is 15.6. The van der Waals surface area contributed by atoms with E-state index in [2.05, 4.69) is 68.6 Å². The summed E-state index contributed by atoms with van der Waals surface area (Å²) in [7, 11) is 0. The van der Waals surface area contributed by atoms with Gasteiger partial charge in [0.1, 0.15) is 5.82 Å². The smallest absolute Gasteiger partial charge is 0.161 e. The van der Waals surface area contributed by atoms with E-state index in [-0.39, 0.29) is 0 Å². The van der Waals surface area contributed by atoms with E-state index in [0.29, 0.717) is 11.7 Å². The lowest BCUT2D eigenvalue weighted by atomic mass is 10.0. The first kappa shape index (κ1) is 15.2. The number of nitrogen functional groups attached to an aromatic ring is 1. The van der Waals surface area contributed by atoms with Gasteiger partial charge in [-0.15, -0.1) is 0 Å². The highest BCUT2D eigenvalue weighted by Gasteiger charge is 2.23. The van der Waals surface area contributed by atoms with Gasteiger partial charge in [0.2, 0.25) is 0 Å². The highest BCUT2D eigenvalue weighted by Crippen LogP contribution is 2.37. The molecule has 0 saturated heterocycles. The van der Waals surface area contributed by atoms with E-state index in [1.807, 2.05) is 0 Å². The second kappa shape index (κ2) is 6.20. The van der Waals surface area contributed by atoms with E-state index >= 15 is 0 Å². The molecule has 0 bridgehead atoms. The molecule has 0 radical (unpaired) electrons. The highest BCUT2D eigenvalue weighted by atomic mass is 127. The van der Waals surface area contributed by atoms with Gasteiger partial charge in [-0.2, -0.15) is 0 Å². The summed E-state index contributed by atoms with van der Waals surface area (Å²) >= 11 is 5.86. The van der Waals surface area contributed by atoms with Crippen LogP contribution in [0.3, 0.4) is 0 Å². The van der Waals surface area contributed by atoms with Gasteiger partial charge in [-0.05, 0) is 54.0 Å². The van der Waals surface area contributed by atoms with E-state index in [9.17, 15) is 0 Å². The van der Waals surface area contributed by atoms with Crippen LogP contribution < -0.4 is 5.73 Å². The molecule has 5 heteroatoms. The molecule has 0 amide bonds. The van der Waals surface area contributed by atoms with Gasteiger partial charge >= 0.3 is 0 Å². The van der Waals surface area contributed by atoms with Gasteiger partial charge in [0.05, 0.1) is 9.26 Å². The Morgan fingerprint density at radius 1 is 1.24 bits per heavy atom. The van der Waals surface area contributed by atoms with E-state index in [0.717, 1.165) is 25.1 Å². The molecule has 1 aliphatic rings. The Hall–Kier alpha value is -0.690. The standard InChI is InChI=1S/C16H17BrIN3/c1-9-6-7-11(8-12(9)17)16-20-14(10-4-2-3-5-10)13(18)15(19)21-16/h6-8,10H,2-5H2,1H3,(H2,19,20,21). The molecule has 110 valence electrons. The lowest BCUT2D eigenvalue weighted by Gasteiger charge is -2.14. The van der Waals surface area contributed by atoms with E-state index in [1.54, 1.807) is 0 Å². The minimum atomic E-state index is 0.537. The predicted octanol–water partition coefficient (Wildman–Crippen LogP) is 5.06. The Morgan fingerprint density at radius 2 is 1.95 bits per heavy atom. The summed E-state index contributed by atoms with van der Waals surface area (Å²) in [4.78, 5) is 9.32. The van der Waals surface area contributed by atoms with Crippen molar-refractivity contribution in [2.45, 2.75) is 38.5 Å². The van der Waals surface area contributed by atoms with Gasteiger partial charge in [-0.3, -0.25) is 0 Å². The number of benzene rings is 1. The third kappa shape index (κ3) is 3.08. The van der Waals surface area contributed by atoms with Gasteiger partial charge in [-0.1, -0.05) is 40.9 Å². The molecule has 2 N–H and O–H groups in total. The Kier molecular flexibility index (Phi) is 4.49. The zero-order chi connectivity index (χ0) is 15.0. The molecule has 0 unspecified atom stereocenters. The maximum Gasteiger partial charge on any atom is 0.161 e. The number of nitrogens with two attached hydrogens (primary N) is 1. The molecule has 1 saturated carbocycles. The first-order valence-electron chi connectivity index (χ1n) is 7.15. The normalized spacial score (nSPS) is 15.6. The van der Waals surface area contributed by atoms with Crippen molar-refractivity contribution in [1.29, 1.82) is 0 Å². The van der Waals surface area contributed by atoms with Crippen LogP contribution in [-0.4, -0.2) is 9.97 Å². The summed E-state index contributed by atoms with van der Waals surface area (Å²) in [5.41, 5.74) is 9.47. The van der Waals surface area contributed by atoms with Crippen molar-refractivity contribution in [3.05, 3.63) is 37.5 Å². The van der Waals surface area contributed by atoms with E-state index in [1.165, 1.54) is 31.2 Å². The first-order valence-corrected chi connectivity index (χ1v) is 9.03. The number of anilines is 1. The van der Waals surface area contributed by atoms with Crippen molar-refractivity contribution >= 4 is 44.3 Å². The fourth-order valence-corrected chi connectivity index (χ4v) is 3.87. The number of aryl methyl sites for hydroxylation is 1. The predicted molar refractivity (Wildman–Crippen MR) is 98.2 cm³/mol. The van der Waals surface area contributed by atoms with Gasteiger partial charge < -0.3 is 5.73 Å². The summed E-state index contributed by atoms with van der Waals surface area (Å²) in [5, 5.41) is 0. The lowest BCUT2D eigenvalue weighted by Crippen LogP contribution is -2.08. The highest BCUT2D eigenvalue weighted by molar-refractivity contribution is 14.1.